The van der Waals surface area contributed by atoms with Gasteiger partial charge in [0.2, 0.25) is 0 Å². The molecule has 0 aliphatic heterocycles. The molecule has 0 fully saturated rings. The molecule has 4 nitrogen and oxygen atoms in total. The van der Waals surface area contributed by atoms with Gasteiger partial charge in [0.05, 0.1) is 18.1 Å². The van der Waals surface area contributed by atoms with E-state index >= 15 is 0 Å². The van der Waals surface area contributed by atoms with Gasteiger partial charge in [-0.25, -0.2) is 9.78 Å². The third kappa shape index (κ3) is 2.06. The second-order valence-electron chi connectivity index (χ2n) is 3.79. The largest absolute Gasteiger partial charge is 0.466 e. The highest BCUT2D eigenvalue weighted by Gasteiger charge is 2.06. The van der Waals surface area contributed by atoms with Crippen molar-refractivity contribution in [2.45, 2.75) is 6.92 Å². The maximum absolute atomic E-state index is 11.1. The van der Waals surface area contributed by atoms with Crippen molar-refractivity contribution in [3.8, 4) is 0 Å². The molecule has 0 spiro atoms. The minimum atomic E-state index is -0.366. The van der Waals surface area contributed by atoms with Gasteiger partial charge in [0.1, 0.15) is 5.82 Å². The second kappa shape index (κ2) is 4.41. The van der Waals surface area contributed by atoms with Crippen LogP contribution in [0.15, 0.2) is 24.3 Å². The van der Waals surface area contributed by atoms with Crippen LogP contribution in [-0.2, 0) is 16.6 Å². The number of nitrogens with zero attached hydrogens (tertiary/aromatic N) is 2. The Morgan fingerprint density at radius 2 is 2.24 bits per heavy atom. The van der Waals surface area contributed by atoms with Gasteiger partial charge in [0.25, 0.3) is 0 Å². The van der Waals surface area contributed by atoms with Crippen LogP contribution in [0, 0.1) is 6.92 Å². The highest BCUT2D eigenvalue weighted by molar-refractivity contribution is 5.92. The average Bonchev–Trinajstić information content (AvgIpc) is 2.63. The van der Waals surface area contributed by atoms with Crippen molar-refractivity contribution in [2.75, 3.05) is 7.11 Å². The summed E-state index contributed by atoms with van der Waals surface area (Å²) in [6.07, 6.45) is 3.12. The molecule has 0 aliphatic carbocycles. The Hall–Kier alpha value is -2.10. The van der Waals surface area contributed by atoms with Crippen molar-refractivity contribution in [3.63, 3.8) is 0 Å². The molecule has 2 rings (SSSR count). The van der Waals surface area contributed by atoms with E-state index in [1.807, 2.05) is 36.7 Å². The zero-order valence-corrected chi connectivity index (χ0v) is 10.1. The van der Waals surface area contributed by atoms with E-state index in [0.29, 0.717) is 0 Å². The summed E-state index contributed by atoms with van der Waals surface area (Å²) in [4.78, 5) is 15.5. The van der Waals surface area contributed by atoms with E-state index < -0.39 is 0 Å². The Kier molecular flexibility index (Phi) is 2.95. The first-order valence-corrected chi connectivity index (χ1v) is 5.31. The molecule has 0 amide bonds. The number of esters is 1. The molecule has 0 atom stereocenters. The van der Waals surface area contributed by atoms with Gasteiger partial charge >= 0.3 is 5.97 Å². The number of para-hydroxylation sites is 1. The minimum absolute atomic E-state index is 0.366. The number of ether oxygens (including phenoxy) is 1. The maximum Gasteiger partial charge on any atom is 0.330 e. The van der Waals surface area contributed by atoms with Gasteiger partial charge in [0, 0.05) is 18.7 Å². The van der Waals surface area contributed by atoms with Crippen LogP contribution in [0.25, 0.3) is 17.1 Å². The lowest BCUT2D eigenvalue weighted by molar-refractivity contribution is -0.134. The van der Waals surface area contributed by atoms with Crippen LogP contribution in [0.2, 0.25) is 0 Å². The molecule has 0 saturated heterocycles. The van der Waals surface area contributed by atoms with Crippen LogP contribution in [0.3, 0.4) is 0 Å². The summed E-state index contributed by atoms with van der Waals surface area (Å²) in [5.41, 5.74) is 2.86. The van der Waals surface area contributed by atoms with E-state index in [0.717, 1.165) is 22.4 Å². The van der Waals surface area contributed by atoms with Gasteiger partial charge in [-0.3, -0.25) is 0 Å². The van der Waals surface area contributed by atoms with Crippen molar-refractivity contribution < 1.29 is 9.53 Å². The molecule has 0 radical (unpaired) electrons. The highest BCUT2D eigenvalue weighted by atomic mass is 16.5. The molecule has 2 aromatic rings. The highest BCUT2D eigenvalue weighted by Crippen LogP contribution is 2.19. The molecular weight excluding hydrogens is 216 g/mol. The number of aryl methyl sites for hydroxylation is 2. The number of carbonyl (C=O) groups is 1. The molecule has 0 bridgehead atoms. The summed E-state index contributed by atoms with van der Waals surface area (Å²) >= 11 is 0. The topological polar surface area (TPSA) is 44.1 Å². The van der Waals surface area contributed by atoms with Gasteiger partial charge in [-0.2, -0.15) is 0 Å². The van der Waals surface area contributed by atoms with Crippen molar-refractivity contribution in [3.05, 3.63) is 35.7 Å². The SMILES string of the molecule is COC(=O)/C=C/c1cccc2c1nc(C)n2C. The summed E-state index contributed by atoms with van der Waals surface area (Å²) in [5, 5.41) is 0. The van der Waals surface area contributed by atoms with Gasteiger partial charge < -0.3 is 9.30 Å². The standard InChI is InChI=1S/C13H14N2O2/c1-9-14-13-10(7-8-12(16)17-3)5-4-6-11(13)15(9)2/h4-8H,1-3H3/b8-7+. The predicted molar refractivity (Wildman–Crippen MR) is 66.5 cm³/mol. The van der Waals surface area contributed by atoms with Gasteiger partial charge in [-0.1, -0.05) is 12.1 Å². The van der Waals surface area contributed by atoms with Gasteiger partial charge in [-0.05, 0) is 19.1 Å². The fourth-order valence-electron chi connectivity index (χ4n) is 1.71. The molecule has 4 heteroatoms. The first-order valence-electron chi connectivity index (χ1n) is 5.31. The molecule has 0 N–H and O–H groups in total. The van der Waals surface area contributed by atoms with E-state index in [2.05, 4.69) is 9.72 Å². The first kappa shape index (κ1) is 11.4. The molecule has 1 aromatic carbocycles. The smallest absolute Gasteiger partial charge is 0.330 e. The number of benzene rings is 1. The third-order valence-electron chi connectivity index (χ3n) is 2.77. The normalized spacial score (nSPS) is 11.2. The van der Waals surface area contributed by atoms with E-state index in [1.165, 1.54) is 13.2 Å². The molecule has 17 heavy (non-hydrogen) atoms. The fourth-order valence-corrected chi connectivity index (χ4v) is 1.71. The second-order valence-corrected chi connectivity index (χ2v) is 3.79. The maximum atomic E-state index is 11.1. The molecule has 1 aromatic heterocycles. The Morgan fingerprint density at radius 1 is 1.47 bits per heavy atom. The number of imidazole rings is 1. The summed E-state index contributed by atoms with van der Waals surface area (Å²) in [7, 11) is 3.33. The first-order chi connectivity index (χ1) is 8.13. The van der Waals surface area contributed by atoms with Crippen LogP contribution < -0.4 is 0 Å². The van der Waals surface area contributed by atoms with Crippen LogP contribution in [0.4, 0.5) is 0 Å². The Labute approximate surface area is 99.5 Å². The summed E-state index contributed by atoms with van der Waals surface area (Å²) in [5.74, 6) is 0.577. The fraction of sp³-hybridized carbons (Fsp3) is 0.231. The predicted octanol–water partition coefficient (Wildman–Crippen LogP) is 2.07. The van der Waals surface area contributed by atoms with E-state index in [-0.39, 0.29) is 5.97 Å². The number of rotatable bonds is 2. The zero-order chi connectivity index (χ0) is 12.4. The van der Waals surface area contributed by atoms with E-state index in [9.17, 15) is 4.79 Å². The number of methoxy groups -OCH3 is 1. The van der Waals surface area contributed by atoms with Crippen LogP contribution in [-0.4, -0.2) is 22.6 Å². The van der Waals surface area contributed by atoms with Crippen molar-refractivity contribution >= 4 is 23.1 Å². The number of hydrogen-bond donors (Lipinski definition) is 0. The lowest BCUT2D eigenvalue weighted by Crippen LogP contribution is -1.93. The van der Waals surface area contributed by atoms with E-state index in [1.54, 1.807) is 6.08 Å². The Morgan fingerprint density at radius 3 is 2.94 bits per heavy atom. The zero-order valence-electron chi connectivity index (χ0n) is 10.1. The lowest BCUT2D eigenvalue weighted by Gasteiger charge is -1.97. The molecule has 88 valence electrons. The van der Waals surface area contributed by atoms with Crippen LogP contribution in [0.5, 0.6) is 0 Å². The van der Waals surface area contributed by atoms with Crippen molar-refractivity contribution in [2.24, 2.45) is 7.05 Å². The number of aromatic nitrogens is 2. The molecule has 0 aliphatic rings. The Bertz CT molecular complexity index is 597. The molecule has 1 heterocycles. The van der Waals surface area contributed by atoms with Gasteiger partial charge in [-0.15, -0.1) is 0 Å². The average molecular weight is 230 g/mol. The third-order valence-corrected chi connectivity index (χ3v) is 2.77. The van der Waals surface area contributed by atoms with Crippen molar-refractivity contribution in [1.82, 2.24) is 9.55 Å². The summed E-state index contributed by atoms with van der Waals surface area (Å²) < 4.78 is 6.58. The molecule has 0 unspecified atom stereocenters. The quantitative estimate of drug-likeness (QED) is 0.586. The van der Waals surface area contributed by atoms with Crippen LogP contribution >= 0.6 is 0 Å². The number of fused-ring (bicyclic) bond motifs is 1. The number of hydrogen-bond acceptors (Lipinski definition) is 3. The minimum Gasteiger partial charge on any atom is -0.466 e. The molecule has 0 saturated carbocycles. The van der Waals surface area contributed by atoms with Crippen molar-refractivity contribution in [1.29, 1.82) is 0 Å². The van der Waals surface area contributed by atoms with E-state index in [4.69, 9.17) is 0 Å². The lowest BCUT2D eigenvalue weighted by atomic mass is 10.1. The van der Waals surface area contributed by atoms with Crippen LogP contribution in [0.1, 0.15) is 11.4 Å². The van der Waals surface area contributed by atoms with Gasteiger partial charge in [0.15, 0.2) is 0 Å². The molecular formula is C13H14N2O2. The number of carbonyl (C=O) groups excluding carboxylic acids is 1. The summed E-state index contributed by atoms with van der Waals surface area (Å²) in [6, 6.07) is 5.87. The monoisotopic (exact) mass is 230 g/mol. The summed E-state index contributed by atoms with van der Waals surface area (Å²) in [6.45, 7) is 1.95. The Balaban J connectivity index is 2.51.